The van der Waals surface area contributed by atoms with Crippen LogP contribution in [0.3, 0.4) is 0 Å². The summed E-state index contributed by atoms with van der Waals surface area (Å²) in [6.07, 6.45) is 2.13. The Hall–Kier alpha value is -1.81. The Bertz CT molecular complexity index is 594. The molecule has 0 atom stereocenters. The maximum Gasteiger partial charge on any atom is 0.418 e. The molecule has 0 spiro atoms. The van der Waals surface area contributed by atoms with Crippen LogP contribution in [0.4, 0.5) is 4.79 Å². The van der Waals surface area contributed by atoms with Crippen molar-refractivity contribution in [3.63, 3.8) is 0 Å². The van der Waals surface area contributed by atoms with Crippen LogP contribution in [0.2, 0.25) is 0 Å². The van der Waals surface area contributed by atoms with Crippen LogP contribution in [0.15, 0.2) is 30.5 Å². The molecule has 1 heterocycles. The van der Waals surface area contributed by atoms with Crippen molar-refractivity contribution in [3.05, 3.63) is 36.0 Å². The summed E-state index contributed by atoms with van der Waals surface area (Å²) in [5, 5.41) is 1.02. The number of para-hydroxylation sites is 1. The quantitative estimate of drug-likeness (QED) is 0.903. The van der Waals surface area contributed by atoms with Gasteiger partial charge < -0.3 is 10.5 Å². The summed E-state index contributed by atoms with van der Waals surface area (Å²) in [5.74, 6) is 0. The number of rotatable bonds is 2. The van der Waals surface area contributed by atoms with Gasteiger partial charge in [-0.2, -0.15) is 0 Å². The minimum atomic E-state index is -0.503. The van der Waals surface area contributed by atoms with Gasteiger partial charge in [0.15, 0.2) is 0 Å². The molecule has 2 N–H and O–H groups in total. The second-order valence-electron chi connectivity index (χ2n) is 5.56. The average Bonchev–Trinajstić information content (AvgIpc) is 2.72. The SMILES string of the molecule is CC(C)(C)OC(=O)n1ccc2cccc(CCN)c21. The lowest BCUT2D eigenvalue weighted by Crippen LogP contribution is -2.27. The first kappa shape index (κ1) is 13.6. The lowest BCUT2D eigenvalue weighted by atomic mass is 10.1. The van der Waals surface area contributed by atoms with Gasteiger partial charge in [-0.3, -0.25) is 4.57 Å². The van der Waals surface area contributed by atoms with Gasteiger partial charge in [-0.25, -0.2) is 4.79 Å². The molecule has 4 heteroatoms. The number of aromatic nitrogens is 1. The lowest BCUT2D eigenvalue weighted by molar-refractivity contribution is 0.0544. The zero-order valence-electron chi connectivity index (χ0n) is 11.6. The van der Waals surface area contributed by atoms with Gasteiger partial charge in [-0.15, -0.1) is 0 Å². The molecule has 1 aromatic carbocycles. The van der Waals surface area contributed by atoms with Gasteiger partial charge in [0.25, 0.3) is 0 Å². The van der Waals surface area contributed by atoms with Crippen LogP contribution in [0.1, 0.15) is 26.3 Å². The number of nitrogens with zero attached hydrogens (tertiary/aromatic N) is 1. The second-order valence-corrected chi connectivity index (χ2v) is 5.56. The number of carbonyl (C=O) groups excluding carboxylic acids is 1. The molecule has 2 rings (SSSR count). The minimum absolute atomic E-state index is 0.355. The van der Waals surface area contributed by atoms with E-state index in [1.165, 1.54) is 0 Å². The molecule has 0 fully saturated rings. The van der Waals surface area contributed by atoms with Crippen LogP contribution in [-0.4, -0.2) is 22.8 Å². The highest BCUT2D eigenvalue weighted by atomic mass is 16.6. The van der Waals surface area contributed by atoms with E-state index < -0.39 is 5.60 Å². The lowest BCUT2D eigenvalue weighted by Gasteiger charge is -2.20. The number of ether oxygens (including phenoxy) is 1. The average molecular weight is 260 g/mol. The number of benzene rings is 1. The molecule has 2 aromatic rings. The van der Waals surface area contributed by atoms with E-state index >= 15 is 0 Å². The molecule has 0 aliphatic carbocycles. The fourth-order valence-corrected chi connectivity index (χ4v) is 2.09. The summed E-state index contributed by atoms with van der Waals surface area (Å²) >= 11 is 0. The van der Waals surface area contributed by atoms with Gasteiger partial charge in [0.2, 0.25) is 0 Å². The molecule has 0 saturated carbocycles. The highest BCUT2D eigenvalue weighted by Gasteiger charge is 2.19. The molecular formula is C15H20N2O2. The van der Waals surface area contributed by atoms with Gasteiger partial charge in [-0.1, -0.05) is 18.2 Å². The van der Waals surface area contributed by atoms with E-state index in [4.69, 9.17) is 10.5 Å². The Morgan fingerprint density at radius 1 is 1.32 bits per heavy atom. The molecule has 0 aliphatic rings. The molecule has 0 radical (unpaired) electrons. The van der Waals surface area contributed by atoms with Gasteiger partial charge in [0, 0.05) is 11.6 Å². The fraction of sp³-hybridized carbons (Fsp3) is 0.400. The maximum absolute atomic E-state index is 12.2. The molecule has 1 aromatic heterocycles. The van der Waals surface area contributed by atoms with E-state index in [0.717, 1.165) is 22.9 Å². The predicted molar refractivity (Wildman–Crippen MR) is 76.3 cm³/mol. The topological polar surface area (TPSA) is 57.2 Å². The van der Waals surface area contributed by atoms with Gasteiger partial charge in [-0.05, 0) is 45.4 Å². The summed E-state index contributed by atoms with van der Waals surface area (Å²) in [5.41, 5.74) is 7.08. The molecule has 0 aliphatic heterocycles. The number of hydrogen-bond donors (Lipinski definition) is 1. The molecule has 4 nitrogen and oxygen atoms in total. The summed E-state index contributed by atoms with van der Waals surface area (Å²) < 4.78 is 6.98. The molecule has 0 unspecified atom stereocenters. The van der Waals surface area contributed by atoms with Crippen LogP contribution in [0, 0.1) is 0 Å². The monoisotopic (exact) mass is 260 g/mol. The second kappa shape index (κ2) is 5.05. The molecule has 0 amide bonds. The van der Waals surface area contributed by atoms with Crippen molar-refractivity contribution in [1.29, 1.82) is 0 Å². The van der Waals surface area contributed by atoms with Crippen LogP contribution < -0.4 is 5.73 Å². The highest BCUT2D eigenvalue weighted by molar-refractivity contribution is 5.91. The first-order chi connectivity index (χ1) is 8.92. The third-order valence-electron chi connectivity index (χ3n) is 2.80. The number of fused-ring (bicyclic) bond motifs is 1. The van der Waals surface area contributed by atoms with Crippen molar-refractivity contribution in [2.24, 2.45) is 5.73 Å². The molecule has 19 heavy (non-hydrogen) atoms. The van der Waals surface area contributed by atoms with E-state index in [2.05, 4.69) is 0 Å². The highest BCUT2D eigenvalue weighted by Crippen LogP contribution is 2.22. The van der Waals surface area contributed by atoms with Crippen molar-refractivity contribution in [1.82, 2.24) is 4.57 Å². The van der Waals surface area contributed by atoms with Crippen molar-refractivity contribution in [3.8, 4) is 0 Å². The standard InChI is InChI=1S/C15H20N2O2/c1-15(2,3)19-14(18)17-10-8-12-6-4-5-11(7-9-16)13(12)17/h4-6,8,10H,7,9,16H2,1-3H3. The third-order valence-corrected chi connectivity index (χ3v) is 2.80. The Kier molecular flexibility index (Phi) is 3.62. The largest absolute Gasteiger partial charge is 0.443 e. The van der Waals surface area contributed by atoms with Crippen molar-refractivity contribution in [2.75, 3.05) is 6.54 Å². The van der Waals surface area contributed by atoms with Crippen molar-refractivity contribution < 1.29 is 9.53 Å². The Labute approximate surface area is 113 Å². The first-order valence-corrected chi connectivity index (χ1v) is 6.45. The predicted octanol–water partition coefficient (Wildman–Crippen LogP) is 2.93. The van der Waals surface area contributed by atoms with E-state index in [9.17, 15) is 4.79 Å². The normalized spacial score (nSPS) is 11.8. The van der Waals surface area contributed by atoms with Crippen LogP contribution in [0.25, 0.3) is 10.9 Å². The maximum atomic E-state index is 12.2. The summed E-state index contributed by atoms with van der Waals surface area (Å²) in [6.45, 7) is 6.13. The Balaban J connectivity index is 2.46. The molecule has 102 valence electrons. The van der Waals surface area contributed by atoms with E-state index in [0.29, 0.717) is 6.54 Å². The molecule has 0 saturated heterocycles. The smallest absolute Gasteiger partial charge is 0.418 e. The van der Waals surface area contributed by atoms with Crippen LogP contribution in [-0.2, 0) is 11.2 Å². The summed E-state index contributed by atoms with van der Waals surface area (Å²) in [6, 6.07) is 7.87. The zero-order chi connectivity index (χ0) is 14.0. The Morgan fingerprint density at radius 2 is 2.05 bits per heavy atom. The molecular weight excluding hydrogens is 240 g/mol. The van der Waals surface area contributed by atoms with Gasteiger partial charge in [0.1, 0.15) is 5.60 Å². The summed E-state index contributed by atoms with van der Waals surface area (Å²) in [4.78, 5) is 12.2. The molecule has 0 bridgehead atoms. The van der Waals surface area contributed by atoms with Crippen molar-refractivity contribution >= 4 is 17.0 Å². The van der Waals surface area contributed by atoms with E-state index in [1.54, 1.807) is 10.8 Å². The van der Waals surface area contributed by atoms with Gasteiger partial charge in [0.05, 0.1) is 5.52 Å². The number of carbonyl (C=O) groups is 1. The minimum Gasteiger partial charge on any atom is -0.443 e. The Morgan fingerprint density at radius 3 is 2.68 bits per heavy atom. The number of nitrogens with two attached hydrogens (primary N) is 1. The number of hydrogen-bond acceptors (Lipinski definition) is 3. The van der Waals surface area contributed by atoms with Crippen LogP contribution >= 0.6 is 0 Å². The van der Waals surface area contributed by atoms with Gasteiger partial charge >= 0.3 is 6.09 Å². The van der Waals surface area contributed by atoms with Crippen LogP contribution in [0.5, 0.6) is 0 Å². The fourth-order valence-electron chi connectivity index (χ4n) is 2.09. The third kappa shape index (κ3) is 2.96. The van der Waals surface area contributed by atoms with E-state index in [-0.39, 0.29) is 6.09 Å². The first-order valence-electron chi connectivity index (χ1n) is 6.45. The summed E-state index contributed by atoms with van der Waals surface area (Å²) in [7, 11) is 0. The van der Waals surface area contributed by atoms with Crippen molar-refractivity contribution in [2.45, 2.75) is 32.8 Å². The zero-order valence-corrected chi connectivity index (χ0v) is 11.6. The van der Waals surface area contributed by atoms with E-state index in [1.807, 2.05) is 45.0 Å².